The van der Waals surface area contributed by atoms with E-state index in [0.29, 0.717) is 19.4 Å². The molecule has 1 amide bonds. The molecule has 0 bridgehead atoms. The lowest BCUT2D eigenvalue weighted by Crippen LogP contribution is -2.37. The molecule has 1 N–H and O–H groups in total. The van der Waals surface area contributed by atoms with E-state index < -0.39 is 18.0 Å². The van der Waals surface area contributed by atoms with Gasteiger partial charge in [-0.2, -0.15) is 13.2 Å². The molecule has 1 aromatic rings. The van der Waals surface area contributed by atoms with Gasteiger partial charge in [-0.05, 0) is 24.8 Å². The van der Waals surface area contributed by atoms with Crippen LogP contribution >= 0.6 is 0 Å². The highest BCUT2D eigenvalue weighted by Crippen LogP contribution is 2.39. The Morgan fingerprint density at radius 2 is 1.90 bits per heavy atom. The predicted octanol–water partition coefficient (Wildman–Crippen LogP) is 3.67. The van der Waals surface area contributed by atoms with Crippen molar-refractivity contribution >= 4 is 5.91 Å². The molecule has 0 saturated heterocycles. The van der Waals surface area contributed by atoms with Crippen LogP contribution in [0.4, 0.5) is 13.2 Å². The summed E-state index contributed by atoms with van der Waals surface area (Å²) < 4.78 is 38.1. The summed E-state index contributed by atoms with van der Waals surface area (Å²) in [5.74, 6) is -2.11. The lowest BCUT2D eigenvalue weighted by Gasteiger charge is -2.29. The van der Waals surface area contributed by atoms with Gasteiger partial charge in [-0.15, -0.1) is 0 Å². The summed E-state index contributed by atoms with van der Waals surface area (Å²) in [6, 6.07) is 9.35. The van der Waals surface area contributed by atoms with Crippen molar-refractivity contribution in [2.75, 3.05) is 0 Å². The van der Waals surface area contributed by atoms with Gasteiger partial charge in [0.1, 0.15) is 0 Å². The number of halogens is 3. The molecule has 1 aromatic carbocycles. The van der Waals surface area contributed by atoms with Crippen LogP contribution in [-0.4, -0.2) is 12.1 Å². The number of rotatable bonds is 3. The smallest absolute Gasteiger partial charge is 0.352 e. The molecule has 1 aliphatic carbocycles. The largest absolute Gasteiger partial charge is 0.391 e. The number of benzene rings is 1. The summed E-state index contributed by atoms with van der Waals surface area (Å²) in [6.07, 6.45) is -3.10. The molecule has 0 radical (unpaired) electrons. The van der Waals surface area contributed by atoms with Crippen molar-refractivity contribution in [1.82, 2.24) is 5.32 Å². The molecule has 2 atom stereocenters. The van der Waals surface area contributed by atoms with E-state index in [9.17, 15) is 18.0 Å². The second-order valence-corrected chi connectivity index (χ2v) is 5.31. The van der Waals surface area contributed by atoms with Gasteiger partial charge in [-0.3, -0.25) is 4.79 Å². The summed E-state index contributed by atoms with van der Waals surface area (Å²) in [7, 11) is 0. The molecule has 0 spiro atoms. The van der Waals surface area contributed by atoms with Crippen LogP contribution in [0.5, 0.6) is 0 Å². The molecule has 0 aromatic heterocycles. The van der Waals surface area contributed by atoms with Crippen molar-refractivity contribution in [1.29, 1.82) is 0 Å². The first kappa shape index (κ1) is 14.9. The zero-order chi connectivity index (χ0) is 14.6. The Bertz CT molecular complexity index is 444. The van der Waals surface area contributed by atoms with Crippen LogP contribution < -0.4 is 5.32 Å². The van der Waals surface area contributed by atoms with E-state index >= 15 is 0 Å². The van der Waals surface area contributed by atoms with Gasteiger partial charge in [0.05, 0.1) is 5.92 Å². The van der Waals surface area contributed by atoms with Gasteiger partial charge < -0.3 is 5.32 Å². The molecule has 20 heavy (non-hydrogen) atoms. The van der Waals surface area contributed by atoms with Gasteiger partial charge in [-0.25, -0.2) is 0 Å². The molecule has 0 unspecified atom stereocenters. The van der Waals surface area contributed by atoms with Gasteiger partial charge in [-0.1, -0.05) is 36.8 Å². The zero-order valence-electron chi connectivity index (χ0n) is 11.1. The number of nitrogens with one attached hydrogen (secondary N) is 1. The van der Waals surface area contributed by atoms with Crippen molar-refractivity contribution in [2.24, 2.45) is 11.8 Å². The Morgan fingerprint density at radius 1 is 1.20 bits per heavy atom. The van der Waals surface area contributed by atoms with E-state index in [1.54, 1.807) is 0 Å². The van der Waals surface area contributed by atoms with Crippen molar-refractivity contribution in [3.05, 3.63) is 35.9 Å². The third-order valence-electron chi connectivity index (χ3n) is 3.82. The average molecular weight is 285 g/mol. The summed E-state index contributed by atoms with van der Waals surface area (Å²) >= 11 is 0. The van der Waals surface area contributed by atoms with E-state index in [-0.39, 0.29) is 18.7 Å². The van der Waals surface area contributed by atoms with Crippen LogP contribution in [0, 0.1) is 11.8 Å². The number of amides is 1. The van der Waals surface area contributed by atoms with Crippen molar-refractivity contribution in [2.45, 2.75) is 38.4 Å². The van der Waals surface area contributed by atoms with E-state index in [1.165, 1.54) is 0 Å². The molecule has 1 saturated carbocycles. The fourth-order valence-corrected chi connectivity index (χ4v) is 2.65. The Morgan fingerprint density at radius 3 is 2.55 bits per heavy atom. The lowest BCUT2D eigenvalue weighted by molar-refractivity contribution is -0.186. The molecular weight excluding hydrogens is 267 g/mol. The maximum absolute atomic E-state index is 12.7. The quantitative estimate of drug-likeness (QED) is 0.902. The second-order valence-electron chi connectivity index (χ2n) is 5.31. The van der Waals surface area contributed by atoms with Crippen molar-refractivity contribution in [3.63, 3.8) is 0 Å². The molecule has 2 rings (SSSR count). The summed E-state index contributed by atoms with van der Waals surface area (Å²) in [5.41, 5.74) is 0.948. The van der Waals surface area contributed by atoms with Crippen LogP contribution in [0.25, 0.3) is 0 Å². The van der Waals surface area contributed by atoms with Crippen LogP contribution in [0.2, 0.25) is 0 Å². The first-order chi connectivity index (χ1) is 9.47. The molecular formula is C15H18F3NO. The van der Waals surface area contributed by atoms with Crippen LogP contribution in [0.1, 0.15) is 31.2 Å². The van der Waals surface area contributed by atoms with Crippen LogP contribution in [-0.2, 0) is 11.3 Å². The molecule has 1 aliphatic rings. The Kier molecular flexibility index (Phi) is 4.68. The Labute approximate surface area is 116 Å². The number of hydrogen-bond donors (Lipinski definition) is 1. The van der Waals surface area contributed by atoms with Gasteiger partial charge >= 0.3 is 6.18 Å². The summed E-state index contributed by atoms with van der Waals surface area (Å²) in [5, 5.41) is 2.73. The number of alkyl halides is 3. The van der Waals surface area contributed by atoms with Crippen LogP contribution in [0.15, 0.2) is 30.3 Å². The monoisotopic (exact) mass is 285 g/mol. The SMILES string of the molecule is O=C(NCc1ccccc1)[C@H]1CCC[C@@H](C(F)(F)F)C1. The predicted molar refractivity (Wildman–Crippen MR) is 69.8 cm³/mol. The fraction of sp³-hybridized carbons (Fsp3) is 0.533. The fourth-order valence-electron chi connectivity index (χ4n) is 2.65. The van der Waals surface area contributed by atoms with Gasteiger partial charge in [0.15, 0.2) is 0 Å². The molecule has 0 aliphatic heterocycles. The molecule has 1 fully saturated rings. The average Bonchev–Trinajstić information content (AvgIpc) is 2.45. The number of carbonyl (C=O) groups is 1. The Balaban J connectivity index is 1.86. The molecule has 0 heterocycles. The topological polar surface area (TPSA) is 29.1 Å². The van der Waals surface area contributed by atoms with E-state index in [1.807, 2.05) is 30.3 Å². The van der Waals surface area contributed by atoms with Crippen molar-refractivity contribution in [3.8, 4) is 0 Å². The first-order valence-corrected chi connectivity index (χ1v) is 6.85. The normalized spacial score (nSPS) is 23.4. The van der Waals surface area contributed by atoms with Crippen molar-refractivity contribution < 1.29 is 18.0 Å². The van der Waals surface area contributed by atoms with E-state index in [0.717, 1.165) is 5.56 Å². The highest BCUT2D eigenvalue weighted by Gasteiger charge is 2.43. The maximum atomic E-state index is 12.7. The highest BCUT2D eigenvalue weighted by atomic mass is 19.4. The molecule has 2 nitrogen and oxygen atoms in total. The second kappa shape index (κ2) is 6.29. The third kappa shape index (κ3) is 3.99. The standard InChI is InChI=1S/C15H18F3NO/c16-15(17,18)13-8-4-7-12(9-13)14(20)19-10-11-5-2-1-3-6-11/h1-3,5-6,12-13H,4,7-10H2,(H,19,20)/t12-,13+/m0/s1. The lowest BCUT2D eigenvalue weighted by atomic mass is 9.80. The summed E-state index contributed by atoms with van der Waals surface area (Å²) in [6.45, 7) is 0.368. The number of hydrogen-bond acceptors (Lipinski definition) is 1. The summed E-state index contributed by atoms with van der Waals surface area (Å²) in [4.78, 5) is 12.0. The maximum Gasteiger partial charge on any atom is 0.391 e. The van der Waals surface area contributed by atoms with E-state index in [4.69, 9.17) is 0 Å². The van der Waals surface area contributed by atoms with E-state index in [2.05, 4.69) is 5.32 Å². The van der Waals surface area contributed by atoms with Crippen LogP contribution in [0.3, 0.4) is 0 Å². The van der Waals surface area contributed by atoms with Gasteiger partial charge in [0.2, 0.25) is 5.91 Å². The highest BCUT2D eigenvalue weighted by molar-refractivity contribution is 5.78. The molecule has 110 valence electrons. The first-order valence-electron chi connectivity index (χ1n) is 6.85. The van der Waals surface area contributed by atoms with Gasteiger partial charge in [0.25, 0.3) is 0 Å². The number of carbonyl (C=O) groups excluding carboxylic acids is 1. The zero-order valence-corrected chi connectivity index (χ0v) is 11.1. The molecule has 5 heteroatoms. The third-order valence-corrected chi connectivity index (χ3v) is 3.82. The minimum Gasteiger partial charge on any atom is -0.352 e. The minimum absolute atomic E-state index is 0.0792. The van der Waals surface area contributed by atoms with Gasteiger partial charge in [0, 0.05) is 12.5 Å². The Hall–Kier alpha value is -1.52. The minimum atomic E-state index is -4.18.